The molecule has 1 N–H and O–H groups in total. The summed E-state index contributed by atoms with van der Waals surface area (Å²) in [5, 5.41) is 5.11. The van der Waals surface area contributed by atoms with E-state index in [1.54, 1.807) is 0 Å². The zero-order valence-corrected chi connectivity index (χ0v) is 13.4. The first-order chi connectivity index (χ1) is 10.3. The first-order valence-electron chi connectivity index (χ1n) is 8.16. The Kier molecular flexibility index (Phi) is 3.35. The largest absolute Gasteiger partial charge is 0.302 e. The molecular weight excluding hydrogens is 276 g/mol. The van der Waals surface area contributed by atoms with E-state index in [-0.39, 0.29) is 5.54 Å². The second-order valence-electron chi connectivity index (χ2n) is 6.19. The van der Waals surface area contributed by atoms with E-state index in [1.165, 1.54) is 65.2 Å². The van der Waals surface area contributed by atoms with Crippen LogP contribution in [0, 0.1) is 0 Å². The van der Waals surface area contributed by atoms with Gasteiger partial charge in [0.15, 0.2) is 0 Å². The van der Waals surface area contributed by atoms with Gasteiger partial charge in [0.25, 0.3) is 0 Å². The van der Waals surface area contributed by atoms with Gasteiger partial charge in [-0.25, -0.2) is 4.98 Å². The Labute approximate surface area is 130 Å². The second-order valence-corrected chi connectivity index (χ2v) is 7.27. The standard InChI is InChI=1S/C18H22N2S/c1-2-19-18(17-20-15-10-5-11-16(15)21-17)12-6-8-13-7-3-4-9-14(13)18/h3-4,7,9,19H,2,5-6,8,10-12H2,1H3. The summed E-state index contributed by atoms with van der Waals surface area (Å²) in [5.74, 6) is 0. The Hall–Kier alpha value is -1.19. The van der Waals surface area contributed by atoms with Gasteiger partial charge in [0.2, 0.25) is 0 Å². The predicted molar refractivity (Wildman–Crippen MR) is 88.0 cm³/mol. The number of aryl methyl sites for hydroxylation is 3. The van der Waals surface area contributed by atoms with Crippen LogP contribution in [0.15, 0.2) is 24.3 Å². The summed E-state index contributed by atoms with van der Waals surface area (Å²) in [6.45, 7) is 3.19. The molecule has 1 aromatic heterocycles. The lowest BCUT2D eigenvalue weighted by molar-refractivity contribution is 0.349. The molecule has 0 spiro atoms. The number of hydrogen-bond acceptors (Lipinski definition) is 3. The van der Waals surface area contributed by atoms with E-state index in [1.807, 2.05) is 11.3 Å². The molecule has 1 atom stereocenters. The van der Waals surface area contributed by atoms with Gasteiger partial charge in [-0.15, -0.1) is 11.3 Å². The van der Waals surface area contributed by atoms with Crippen LogP contribution >= 0.6 is 11.3 Å². The van der Waals surface area contributed by atoms with Crippen LogP contribution in [0.3, 0.4) is 0 Å². The van der Waals surface area contributed by atoms with Gasteiger partial charge in [-0.05, 0) is 56.2 Å². The number of thiazole rings is 1. The molecule has 110 valence electrons. The molecule has 0 fully saturated rings. The van der Waals surface area contributed by atoms with Gasteiger partial charge < -0.3 is 5.32 Å². The smallest absolute Gasteiger partial charge is 0.118 e. The van der Waals surface area contributed by atoms with Crippen molar-refractivity contribution in [3.8, 4) is 0 Å². The van der Waals surface area contributed by atoms with E-state index in [2.05, 4.69) is 36.5 Å². The SMILES string of the molecule is CCNC1(c2nc3c(s2)CCC3)CCCc2ccccc21. The van der Waals surface area contributed by atoms with Crippen molar-refractivity contribution < 1.29 is 0 Å². The molecule has 0 amide bonds. The third-order valence-electron chi connectivity index (χ3n) is 4.91. The van der Waals surface area contributed by atoms with Crippen molar-refractivity contribution in [3.63, 3.8) is 0 Å². The van der Waals surface area contributed by atoms with Gasteiger partial charge >= 0.3 is 0 Å². The summed E-state index contributed by atoms with van der Waals surface area (Å²) < 4.78 is 0. The number of nitrogens with one attached hydrogen (secondary N) is 1. The van der Waals surface area contributed by atoms with E-state index < -0.39 is 0 Å². The Morgan fingerprint density at radius 3 is 2.95 bits per heavy atom. The fraction of sp³-hybridized carbons (Fsp3) is 0.500. The monoisotopic (exact) mass is 298 g/mol. The average Bonchev–Trinajstić information content (AvgIpc) is 3.09. The maximum Gasteiger partial charge on any atom is 0.118 e. The molecule has 0 bridgehead atoms. The van der Waals surface area contributed by atoms with Gasteiger partial charge in [-0.1, -0.05) is 31.2 Å². The molecule has 2 aliphatic rings. The lowest BCUT2D eigenvalue weighted by atomic mass is 9.76. The predicted octanol–water partition coefficient (Wildman–Crippen LogP) is 3.82. The first-order valence-corrected chi connectivity index (χ1v) is 8.97. The summed E-state index contributed by atoms with van der Waals surface area (Å²) >= 11 is 1.96. The summed E-state index contributed by atoms with van der Waals surface area (Å²) in [5.41, 5.74) is 4.29. The van der Waals surface area contributed by atoms with Gasteiger partial charge in [-0.3, -0.25) is 0 Å². The van der Waals surface area contributed by atoms with Crippen molar-refractivity contribution in [2.45, 2.75) is 51.0 Å². The van der Waals surface area contributed by atoms with E-state index in [9.17, 15) is 0 Å². The lowest BCUT2D eigenvalue weighted by Gasteiger charge is -2.38. The molecule has 1 unspecified atom stereocenters. The summed E-state index contributed by atoms with van der Waals surface area (Å²) in [7, 11) is 0. The van der Waals surface area contributed by atoms with Gasteiger partial charge in [0, 0.05) is 4.88 Å². The quantitative estimate of drug-likeness (QED) is 0.932. The highest BCUT2D eigenvalue weighted by Crippen LogP contribution is 2.43. The number of rotatable bonds is 3. The maximum atomic E-state index is 5.06. The van der Waals surface area contributed by atoms with Crippen molar-refractivity contribution in [1.29, 1.82) is 0 Å². The molecule has 1 aromatic carbocycles. The Balaban J connectivity index is 1.87. The Morgan fingerprint density at radius 1 is 1.19 bits per heavy atom. The van der Waals surface area contributed by atoms with Crippen LogP contribution in [-0.4, -0.2) is 11.5 Å². The molecule has 21 heavy (non-hydrogen) atoms. The van der Waals surface area contributed by atoms with Crippen LogP contribution in [0.4, 0.5) is 0 Å². The van der Waals surface area contributed by atoms with Crippen LogP contribution < -0.4 is 5.32 Å². The summed E-state index contributed by atoms with van der Waals surface area (Å²) in [6.07, 6.45) is 7.32. The van der Waals surface area contributed by atoms with Crippen LogP contribution in [-0.2, 0) is 24.8 Å². The molecule has 0 saturated carbocycles. The summed E-state index contributed by atoms with van der Waals surface area (Å²) in [4.78, 5) is 6.59. The Bertz CT molecular complexity index is 639. The Morgan fingerprint density at radius 2 is 2.10 bits per heavy atom. The number of fused-ring (bicyclic) bond motifs is 2. The molecule has 0 saturated heterocycles. The molecule has 0 radical (unpaired) electrons. The fourth-order valence-corrected chi connectivity index (χ4v) is 5.35. The topological polar surface area (TPSA) is 24.9 Å². The highest BCUT2D eigenvalue weighted by Gasteiger charge is 2.40. The number of aromatic nitrogens is 1. The highest BCUT2D eigenvalue weighted by atomic mass is 32.1. The molecule has 4 rings (SSSR count). The molecule has 1 heterocycles. The van der Waals surface area contributed by atoms with Crippen molar-refractivity contribution in [3.05, 3.63) is 51.0 Å². The van der Waals surface area contributed by atoms with Crippen molar-refractivity contribution in [2.75, 3.05) is 6.54 Å². The van der Waals surface area contributed by atoms with Crippen LogP contribution in [0.25, 0.3) is 0 Å². The minimum Gasteiger partial charge on any atom is -0.302 e. The number of hydrogen-bond donors (Lipinski definition) is 1. The fourth-order valence-electron chi connectivity index (χ4n) is 3.99. The molecule has 0 aliphatic heterocycles. The third kappa shape index (κ3) is 2.06. The number of benzene rings is 1. The van der Waals surface area contributed by atoms with E-state index >= 15 is 0 Å². The number of nitrogens with zero attached hydrogens (tertiary/aromatic N) is 1. The average molecular weight is 298 g/mol. The van der Waals surface area contributed by atoms with Crippen LogP contribution in [0.5, 0.6) is 0 Å². The highest BCUT2D eigenvalue weighted by molar-refractivity contribution is 7.12. The molecule has 2 nitrogen and oxygen atoms in total. The van der Waals surface area contributed by atoms with Crippen molar-refractivity contribution in [1.82, 2.24) is 10.3 Å². The van der Waals surface area contributed by atoms with Crippen LogP contribution in [0.2, 0.25) is 0 Å². The van der Waals surface area contributed by atoms with Crippen molar-refractivity contribution >= 4 is 11.3 Å². The summed E-state index contributed by atoms with van der Waals surface area (Å²) in [6, 6.07) is 8.95. The zero-order chi connectivity index (χ0) is 14.3. The van der Waals surface area contributed by atoms with E-state index in [0.29, 0.717) is 0 Å². The molecular formula is C18H22N2S. The maximum absolute atomic E-state index is 5.06. The minimum absolute atomic E-state index is 0.0431. The van der Waals surface area contributed by atoms with Gasteiger partial charge in [0.1, 0.15) is 5.01 Å². The van der Waals surface area contributed by atoms with Gasteiger partial charge in [-0.2, -0.15) is 0 Å². The molecule has 2 aromatic rings. The van der Waals surface area contributed by atoms with E-state index in [0.717, 1.165) is 6.54 Å². The second kappa shape index (κ2) is 5.22. The normalized spacial score (nSPS) is 23.9. The van der Waals surface area contributed by atoms with Crippen molar-refractivity contribution in [2.24, 2.45) is 0 Å². The molecule has 2 aliphatic carbocycles. The van der Waals surface area contributed by atoms with E-state index in [4.69, 9.17) is 4.98 Å². The lowest BCUT2D eigenvalue weighted by Crippen LogP contribution is -2.45. The third-order valence-corrected chi connectivity index (χ3v) is 6.23. The molecule has 3 heteroatoms. The van der Waals surface area contributed by atoms with Crippen LogP contribution in [0.1, 0.15) is 52.9 Å². The van der Waals surface area contributed by atoms with Gasteiger partial charge in [0.05, 0.1) is 11.2 Å². The minimum atomic E-state index is -0.0431. The zero-order valence-electron chi connectivity index (χ0n) is 12.6. The first kappa shape index (κ1) is 13.5.